The SMILES string of the molecule is CCC[C@H](NC(=O)c1cc(C)cc([N+](=O)[O-])c1)C(=O)O. The average molecular weight is 280 g/mol. The van der Waals surface area contributed by atoms with Crippen molar-refractivity contribution in [2.45, 2.75) is 32.7 Å². The molecule has 0 unspecified atom stereocenters. The van der Waals surface area contributed by atoms with Crippen molar-refractivity contribution in [3.8, 4) is 0 Å². The number of carbonyl (C=O) groups is 2. The number of hydrogen-bond donors (Lipinski definition) is 2. The monoisotopic (exact) mass is 280 g/mol. The summed E-state index contributed by atoms with van der Waals surface area (Å²) in [5.74, 6) is -1.75. The quantitative estimate of drug-likeness (QED) is 0.610. The molecule has 20 heavy (non-hydrogen) atoms. The number of benzene rings is 1. The second-order valence-corrected chi connectivity index (χ2v) is 4.47. The second-order valence-electron chi connectivity index (χ2n) is 4.47. The van der Waals surface area contributed by atoms with E-state index >= 15 is 0 Å². The minimum absolute atomic E-state index is 0.0825. The molecule has 0 heterocycles. The van der Waals surface area contributed by atoms with Gasteiger partial charge in [0.25, 0.3) is 11.6 Å². The summed E-state index contributed by atoms with van der Waals surface area (Å²) in [4.78, 5) is 33.1. The Morgan fingerprint density at radius 1 is 1.40 bits per heavy atom. The van der Waals surface area contributed by atoms with Crippen LogP contribution in [0.25, 0.3) is 0 Å². The van der Waals surface area contributed by atoms with E-state index in [1.54, 1.807) is 13.8 Å². The highest BCUT2D eigenvalue weighted by Gasteiger charge is 2.21. The summed E-state index contributed by atoms with van der Waals surface area (Å²) in [5, 5.41) is 22.1. The molecule has 7 nitrogen and oxygen atoms in total. The molecule has 0 aliphatic rings. The van der Waals surface area contributed by atoms with Crippen LogP contribution in [0.3, 0.4) is 0 Å². The fourth-order valence-corrected chi connectivity index (χ4v) is 1.79. The topological polar surface area (TPSA) is 110 Å². The molecule has 108 valence electrons. The van der Waals surface area contributed by atoms with E-state index in [-0.39, 0.29) is 11.3 Å². The Hall–Kier alpha value is -2.44. The highest BCUT2D eigenvalue weighted by Crippen LogP contribution is 2.17. The van der Waals surface area contributed by atoms with Crippen molar-refractivity contribution < 1.29 is 19.6 Å². The zero-order chi connectivity index (χ0) is 15.3. The number of nitrogens with one attached hydrogen (secondary N) is 1. The van der Waals surface area contributed by atoms with Gasteiger partial charge in [0.15, 0.2) is 0 Å². The highest BCUT2D eigenvalue weighted by molar-refractivity contribution is 5.97. The predicted octanol–water partition coefficient (Wildman–Crippen LogP) is 1.89. The smallest absolute Gasteiger partial charge is 0.326 e. The number of carboxylic acid groups (broad SMARTS) is 1. The first-order chi connectivity index (χ1) is 9.35. The minimum Gasteiger partial charge on any atom is -0.480 e. The lowest BCUT2D eigenvalue weighted by atomic mass is 10.1. The normalized spacial score (nSPS) is 11.7. The molecule has 0 aromatic heterocycles. The molecule has 1 amide bonds. The van der Waals surface area contributed by atoms with Gasteiger partial charge < -0.3 is 10.4 Å². The molecular weight excluding hydrogens is 264 g/mol. The number of non-ortho nitro benzene ring substituents is 1. The van der Waals surface area contributed by atoms with Crippen molar-refractivity contribution >= 4 is 17.6 Å². The summed E-state index contributed by atoms with van der Waals surface area (Å²) in [7, 11) is 0. The number of amides is 1. The number of carboxylic acids is 1. The maximum Gasteiger partial charge on any atom is 0.326 e. The third-order valence-electron chi connectivity index (χ3n) is 2.72. The average Bonchev–Trinajstić information content (AvgIpc) is 2.37. The van der Waals surface area contributed by atoms with Gasteiger partial charge in [-0.05, 0) is 25.0 Å². The zero-order valence-electron chi connectivity index (χ0n) is 11.3. The summed E-state index contributed by atoms with van der Waals surface area (Å²) in [5.41, 5.74) is 0.447. The van der Waals surface area contributed by atoms with E-state index in [9.17, 15) is 19.7 Å². The van der Waals surface area contributed by atoms with E-state index in [1.165, 1.54) is 12.1 Å². The largest absolute Gasteiger partial charge is 0.480 e. The van der Waals surface area contributed by atoms with E-state index in [2.05, 4.69) is 5.32 Å². The Labute approximate surface area is 115 Å². The predicted molar refractivity (Wildman–Crippen MR) is 71.6 cm³/mol. The third-order valence-corrected chi connectivity index (χ3v) is 2.72. The van der Waals surface area contributed by atoms with E-state index in [0.717, 1.165) is 6.07 Å². The van der Waals surface area contributed by atoms with Crippen LogP contribution in [0.1, 0.15) is 35.7 Å². The molecule has 0 bridgehead atoms. The number of rotatable bonds is 6. The molecule has 1 aromatic carbocycles. The van der Waals surface area contributed by atoms with Crippen molar-refractivity contribution in [3.63, 3.8) is 0 Å². The molecule has 0 fully saturated rings. The van der Waals surface area contributed by atoms with E-state index in [4.69, 9.17) is 5.11 Å². The zero-order valence-corrected chi connectivity index (χ0v) is 11.3. The Kier molecular flexibility index (Phi) is 5.19. The first-order valence-corrected chi connectivity index (χ1v) is 6.15. The number of aliphatic carboxylic acids is 1. The number of hydrogen-bond acceptors (Lipinski definition) is 4. The molecule has 0 aliphatic heterocycles. The molecule has 0 radical (unpaired) electrons. The highest BCUT2D eigenvalue weighted by atomic mass is 16.6. The molecule has 0 spiro atoms. The van der Waals surface area contributed by atoms with Crippen LogP contribution in [0.2, 0.25) is 0 Å². The van der Waals surface area contributed by atoms with Crippen molar-refractivity contribution in [3.05, 3.63) is 39.4 Å². The summed E-state index contributed by atoms with van der Waals surface area (Å²) in [6.07, 6.45) is 0.903. The number of nitrogens with zero attached hydrogens (tertiary/aromatic N) is 1. The Bertz CT molecular complexity index is 542. The van der Waals surface area contributed by atoms with Gasteiger partial charge in [0.2, 0.25) is 0 Å². The number of nitro groups is 1. The van der Waals surface area contributed by atoms with Crippen molar-refractivity contribution in [1.82, 2.24) is 5.32 Å². The molecular formula is C13H16N2O5. The van der Waals surface area contributed by atoms with Crippen LogP contribution in [0.4, 0.5) is 5.69 Å². The van der Waals surface area contributed by atoms with Gasteiger partial charge >= 0.3 is 5.97 Å². The van der Waals surface area contributed by atoms with E-state index in [1.807, 2.05) is 0 Å². The van der Waals surface area contributed by atoms with Gasteiger partial charge in [-0.15, -0.1) is 0 Å². The van der Waals surface area contributed by atoms with Crippen molar-refractivity contribution in [1.29, 1.82) is 0 Å². The molecule has 0 saturated heterocycles. The van der Waals surface area contributed by atoms with Gasteiger partial charge in [-0.25, -0.2) is 4.79 Å². The molecule has 0 saturated carbocycles. The van der Waals surface area contributed by atoms with Gasteiger partial charge in [-0.2, -0.15) is 0 Å². The van der Waals surface area contributed by atoms with Crippen LogP contribution in [0.15, 0.2) is 18.2 Å². The number of aryl methyl sites for hydroxylation is 1. The molecule has 0 aliphatic carbocycles. The molecule has 1 rings (SSSR count). The molecule has 1 aromatic rings. The second kappa shape index (κ2) is 6.65. The minimum atomic E-state index is -1.12. The Morgan fingerprint density at radius 2 is 2.05 bits per heavy atom. The van der Waals surface area contributed by atoms with Gasteiger partial charge in [0.05, 0.1) is 4.92 Å². The van der Waals surface area contributed by atoms with Crippen LogP contribution in [0, 0.1) is 17.0 Å². The van der Waals surface area contributed by atoms with Gasteiger partial charge in [0, 0.05) is 17.7 Å². The van der Waals surface area contributed by atoms with Crippen LogP contribution in [0.5, 0.6) is 0 Å². The lowest BCUT2D eigenvalue weighted by Gasteiger charge is -2.13. The Morgan fingerprint density at radius 3 is 2.55 bits per heavy atom. The maximum absolute atomic E-state index is 12.0. The van der Waals surface area contributed by atoms with Crippen molar-refractivity contribution in [2.75, 3.05) is 0 Å². The molecule has 2 N–H and O–H groups in total. The lowest BCUT2D eigenvalue weighted by molar-refractivity contribution is -0.384. The number of nitro benzene ring substituents is 1. The van der Waals surface area contributed by atoms with Gasteiger partial charge in [-0.3, -0.25) is 14.9 Å². The van der Waals surface area contributed by atoms with Crippen molar-refractivity contribution in [2.24, 2.45) is 0 Å². The summed E-state index contributed by atoms with van der Waals surface area (Å²) in [6, 6.07) is 2.96. The van der Waals surface area contributed by atoms with Crippen LogP contribution >= 0.6 is 0 Å². The number of carbonyl (C=O) groups excluding carboxylic acids is 1. The summed E-state index contributed by atoms with van der Waals surface area (Å²) >= 11 is 0. The standard InChI is InChI=1S/C13H16N2O5/c1-3-4-11(13(17)18)14-12(16)9-5-8(2)6-10(7-9)15(19)20/h5-7,11H,3-4H2,1-2H3,(H,14,16)(H,17,18)/t11-/m0/s1. The van der Waals surface area contributed by atoms with Crippen LogP contribution in [-0.4, -0.2) is 27.9 Å². The van der Waals surface area contributed by atoms with Crippen LogP contribution < -0.4 is 5.32 Å². The molecule has 1 atom stereocenters. The first kappa shape index (κ1) is 15.6. The Balaban J connectivity index is 2.97. The lowest BCUT2D eigenvalue weighted by Crippen LogP contribution is -2.40. The molecule has 7 heteroatoms. The third kappa shape index (κ3) is 4.04. The van der Waals surface area contributed by atoms with Gasteiger partial charge in [0.1, 0.15) is 6.04 Å². The fraction of sp³-hybridized carbons (Fsp3) is 0.385. The van der Waals surface area contributed by atoms with E-state index in [0.29, 0.717) is 18.4 Å². The fourth-order valence-electron chi connectivity index (χ4n) is 1.79. The van der Waals surface area contributed by atoms with Gasteiger partial charge in [-0.1, -0.05) is 13.3 Å². The first-order valence-electron chi connectivity index (χ1n) is 6.15. The van der Waals surface area contributed by atoms with E-state index < -0.39 is 22.8 Å². The summed E-state index contributed by atoms with van der Waals surface area (Å²) < 4.78 is 0. The van der Waals surface area contributed by atoms with Crippen LogP contribution in [-0.2, 0) is 4.79 Å². The summed E-state index contributed by atoms with van der Waals surface area (Å²) in [6.45, 7) is 3.43. The maximum atomic E-state index is 12.0.